The van der Waals surface area contributed by atoms with E-state index >= 15 is 0 Å². The molecule has 7 nitrogen and oxygen atoms in total. The molecule has 9 heteroatoms. The molecule has 0 radical (unpaired) electrons. The molecule has 2 aromatic heterocycles. The number of nitrogens with zero attached hydrogens (tertiary/aromatic N) is 3. The van der Waals surface area contributed by atoms with Crippen LogP contribution in [0.3, 0.4) is 0 Å². The van der Waals surface area contributed by atoms with E-state index in [-0.39, 0.29) is 11.3 Å². The summed E-state index contributed by atoms with van der Waals surface area (Å²) in [6.45, 7) is 4.56. The lowest BCUT2D eigenvalue weighted by atomic mass is 9.78. The van der Waals surface area contributed by atoms with Crippen molar-refractivity contribution in [3.8, 4) is 5.69 Å². The summed E-state index contributed by atoms with van der Waals surface area (Å²) in [5.74, 6) is -0.0178. The van der Waals surface area contributed by atoms with Gasteiger partial charge in [0.2, 0.25) is 0 Å². The number of benzene rings is 1. The molecule has 5 heterocycles. The molecule has 3 aromatic rings. The van der Waals surface area contributed by atoms with Crippen LogP contribution in [0.25, 0.3) is 5.69 Å². The smallest absolute Gasteiger partial charge is 0.260 e. The van der Waals surface area contributed by atoms with E-state index < -0.39 is 15.6 Å². The molecule has 2 saturated heterocycles. The van der Waals surface area contributed by atoms with Crippen LogP contribution in [0.2, 0.25) is 0 Å². The molecule has 1 unspecified atom stereocenters. The van der Waals surface area contributed by atoms with Gasteiger partial charge in [-0.05, 0) is 61.2 Å². The first-order valence-electron chi connectivity index (χ1n) is 12.1. The van der Waals surface area contributed by atoms with E-state index in [9.17, 15) is 13.2 Å². The molecule has 1 amide bonds. The largest absolute Gasteiger partial charge is 0.354 e. The van der Waals surface area contributed by atoms with E-state index in [2.05, 4.69) is 10.6 Å². The molecule has 6 rings (SSSR count). The van der Waals surface area contributed by atoms with Gasteiger partial charge in [-0.15, -0.1) is 11.3 Å². The number of hydrogen-bond acceptors (Lipinski definition) is 5. The van der Waals surface area contributed by atoms with Crippen LogP contribution in [0, 0.1) is 5.41 Å². The molecule has 35 heavy (non-hydrogen) atoms. The maximum Gasteiger partial charge on any atom is 0.260 e. The minimum Gasteiger partial charge on any atom is -0.354 e. The first-order valence-corrected chi connectivity index (χ1v) is 14.4. The monoisotopic (exact) mass is 511 g/mol. The third-order valence-electron chi connectivity index (χ3n) is 8.01. The van der Waals surface area contributed by atoms with E-state index in [0.29, 0.717) is 37.0 Å². The summed E-state index contributed by atoms with van der Waals surface area (Å²) in [6, 6.07) is 15.5. The van der Waals surface area contributed by atoms with Gasteiger partial charge in [0.05, 0.1) is 18.0 Å². The minimum absolute atomic E-state index is 0.0178. The lowest BCUT2D eigenvalue weighted by Crippen LogP contribution is -2.48. The van der Waals surface area contributed by atoms with Gasteiger partial charge in [0.25, 0.3) is 15.9 Å². The Hall–Kier alpha value is -2.46. The summed E-state index contributed by atoms with van der Waals surface area (Å²) < 4.78 is 36.3. The molecule has 1 aromatic carbocycles. The van der Waals surface area contributed by atoms with Gasteiger partial charge < -0.3 is 14.2 Å². The van der Waals surface area contributed by atoms with Crippen LogP contribution in [0.15, 0.2) is 64.3 Å². The lowest BCUT2D eigenvalue weighted by Gasteiger charge is -2.39. The van der Waals surface area contributed by atoms with Crippen LogP contribution in [-0.4, -0.2) is 54.3 Å². The van der Waals surface area contributed by atoms with E-state index in [0.717, 1.165) is 36.2 Å². The number of carbonyl (C=O) groups is 1. The van der Waals surface area contributed by atoms with Crippen LogP contribution in [0.1, 0.15) is 37.4 Å². The van der Waals surface area contributed by atoms with Gasteiger partial charge in [0, 0.05) is 37.9 Å². The number of fused-ring (bicyclic) bond motifs is 3. The van der Waals surface area contributed by atoms with Crippen LogP contribution >= 0.6 is 11.3 Å². The number of hydrogen-bond donors (Lipinski definition) is 0. The first kappa shape index (κ1) is 23.0. The maximum atomic E-state index is 14.0. The van der Waals surface area contributed by atoms with Crippen LogP contribution in [-0.2, 0) is 31.8 Å². The molecule has 0 aliphatic carbocycles. The standard InChI is InChI=1S/C26H29N3O4S2/c1-25(22-8-4-13-29(22)21-7-3-2-6-20(21)18-33-25)24(30)27-14-10-26(19-27)11-15-28(16-12-26)35(31,32)23-9-5-17-34-23/h2-9,13,17H,10-12,14-16,18-19H2,1H3. The van der Waals surface area contributed by atoms with Gasteiger partial charge >= 0.3 is 0 Å². The molecule has 0 saturated carbocycles. The predicted molar refractivity (Wildman–Crippen MR) is 134 cm³/mol. The zero-order chi connectivity index (χ0) is 24.3. The van der Waals surface area contributed by atoms with E-state index in [1.807, 2.05) is 48.4 Å². The second-order valence-electron chi connectivity index (χ2n) is 10.0. The predicted octanol–water partition coefficient (Wildman–Crippen LogP) is 3.99. The van der Waals surface area contributed by atoms with Gasteiger partial charge in [0.15, 0.2) is 5.60 Å². The van der Waals surface area contributed by atoms with Crippen LogP contribution in [0.5, 0.6) is 0 Å². The Labute approximate surface area is 210 Å². The zero-order valence-corrected chi connectivity index (χ0v) is 21.4. The number of thiophene rings is 1. The van der Waals surface area contributed by atoms with Crippen molar-refractivity contribution >= 4 is 27.3 Å². The SMILES string of the molecule is CC1(C(=O)N2CCC3(CCN(S(=O)(=O)c4cccs4)CC3)C2)OCc2ccccc2-n2cccc21. The molecule has 0 bridgehead atoms. The van der Waals surface area contributed by atoms with Gasteiger partial charge in [-0.1, -0.05) is 24.3 Å². The Morgan fingerprint density at radius 3 is 2.54 bits per heavy atom. The number of para-hydroxylation sites is 1. The number of rotatable bonds is 3. The van der Waals surface area contributed by atoms with E-state index in [1.165, 1.54) is 11.3 Å². The lowest BCUT2D eigenvalue weighted by molar-refractivity contribution is -0.159. The first-order chi connectivity index (χ1) is 16.8. The quantitative estimate of drug-likeness (QED) is 0.533. The zero-order valence-electron chi connectivity index (χ0n) is 19.7. The fourth-order valence-corrected chi connectivity index (χ4v) is 8.46. The second kappa shape index (κ2) is 8.30. The number of carbonyl (C=O) groups excluding carboxylic acids is 1. The molecule has 2 fully saturated rings. The van der Waals surface area contributed by atoms with E-state index in [4.69, 9.17) is 4.74 Å². The summed E-state index contributed by atoms with van der Waals surface area (Å²) in [7, 11) is -3.43. The van der Waals surface area contributed by atoms with Gasteiger partial charge in [-0.3, -0.25) is 4.79 Å². The minimum atomic E-state index is -3.43. The van der Waals surface area contributed by atoms with Crippen molar-refractivity contribution < 1.29 is 17.9 Å². The van der Waals surface area contributed by atoms with Gasteiger partial charge in [0.1, 0.15) is 4.21 Å². The number of sulfonamides is 1. The van der Waals surface area contributed by atoms with Crippen molar-refractivity contribution in [1.82, 2.24) is 13.8 Å². The van der Waals surface area contributed by atoms with Crippen molar-refractivity contribution in [2.24, 2.45) is 5.41 Å². The Kier molecular flexibility index (Phi) is 5.45. The molecule has 3 aliphatic heterocycles. The van der Waals surface area contributed by atoms with Crippen molar-refractivity contribution in [2.45, 2.75) is 42.6 Å². The van der Waals surface area contributed by atoms with Crippen molar-refractivity contribution in [3.63, 3.8) is 0 Å². The summed E-state index contributed by atoms with van der Waals surface area (Å²) >= 11 is 1.26. The highest BCUT2D eigenvalue weighted by Crippen LogP contribution is 2.44. The summed E-state index contributed by atoms with van der Waals surface area (Å²) in [5.41, 5.74) is 1.81. The molecule has 1 atom stereocenters. The summed E-state index contributed by atoms with van der Waals surface area (Å²) in [4.78, 5) is 15.9. The fourth-order valence-electron chi connectivity index (χ4n) is 5.87. The Morgan fingerprint density at radius 1 is 1.00 bits per heavy atom. The molecule has 0 N–H and O–H groups in total. The normalized spacial score (nSPS) is 24.2. The highest BCUT2D eigenvalue weighted by Gasteiger charge is 2.49. The second-order valence-corrected chi connectivity index (χ2v) is 13.1. The van der Waals surface area contributed by atoms with Gasteiger partial charge in [-0.25, -0.2) is 8.42 Å². The third-order valence-corrected chi connectivity index (χ3v) is 11.3. The Morgan fingerprint density at radius 2 is 1.77 bits per heavy atom. The molecular weight excluding hydrogens is 482 g/mol. The summed E-state index contributed by atoms with van der Waals surface area (Å²) in [5, 5.41) is 1.80. The van der Waals surface area contributed by atoms with Gasteiger partial charge in [-0.2, -0.15) is 4.31 Å². The van der Waals surface area contributed by atoms with Crippen molar-refractivity contribution in [1.29, 1.82) is 0 Å². The number of ether oxygens (including phenoxy) is 1. The Bertz CT molecular complexity index is 1360. The topological polar surface area (TPSA) is 71.8 Å². The number of piperidine rings is 1. The Balaban J connectivity index is 1.19. The number of aromatic nitrogens is 1. The van der Waals surface area contributed by atoms with Crippen LogP contribution in [0.4, 0.5) is 0 Å². The number of amides is 1. The molecular formula is C26H29N3O4S2. The highest BCUT2D eigenvalue weighted by atomic mass is 32.2. The van der Waals surface area contributed by atoms with E-state index in [1.54, 1.807) is 21.8 Å². The molecule has 3 aliphatic rings. The molecule has 184 valence electrons. The van der Waals surface area contributed by atoms with Crippen LogP contribution < -0.4 is 0 Å². The summed E-state index contributed by atoms with van der Waals surface area (Å²) in [6.07, 6.45) is 4.41. The fraction of sp³-hybridized carbons (Fsp3) is 0.423. The van der Waals surface area contributed by atoms with Crippen molar-refractivity contribution in [2.75, 3.05) is 26.2 Å². The van der Waals surface area contributed by atoms with Crippen molar-refractivity contribution in [3.05, 3.63) is 71.4 Å². The maximum absolute atomic E-state index is 14.0. The molecule has 1 spiro atoms. The third kappa shape index (κ3) is 3.67. The number of likely N-dealkylation sites (tertiary alicyclic amines) is 1. The average Bonchev–Trinajstić information content (AvgIpc) is 3.63. The average molecular weight is 512 g/mol. The highest BCUT2D eigenvalue weighted by molar-refractivity contribution is 7.91.